The summed E-state index contributed by atoms with van der Waals surface area (Å²) in [5.74, 6) is -1.89. The fourth-order valence-corrected chi connectivity index (χ4v) is 4.93. The molecule has 4 rings (SSSR count). The standard InChI is InChI=1S/C25H24FN5O5S/c1-3-20(21-5-4-6-23(29-21)37(34,35)12-11-24(32)36-2)30-25(33)19-13-27-15-22-18(19)14-28-31(22)17-9-7-16(26)8-10-17/h4-10,13-15,20H,3,11-12H2,1-2H3,(H,30,33)/t20-/m0/s1. The van der Waals surface area contributed by atoms with E-state index in [2.05, 4.69) is 25.1 Å². The summed E-state index contributed by atoms with van der Waals surface area (Å²) in [6.07, 6.45) is 4.65. The van der Waals surface area contributed by atoms with Crippen molar-refractivity contribution in [3.05, 3.63) is 78.1 Å². The topological polar surface area (TPSA) is 133 Å². The summed E-state index contributed by atoms with van der Waals surface area (Å²) in [6, 6.07) is 9.69. The molecule has 0 unspecified atom stereocenters. The van der Waals surface area contributed by atoms with Crippen molar-refractivity contribution in [2.45, 2.75) is 30.8 Å². The molecule has 0 aliphatic carbocycles. The number of nitrogens with zero attached hydrogens (tertiary/aromatic N) is 4. The molecule has 4 aromatic rings. The average Bonchev–Trinajstić information content (AvgIpc) is 3.35. The first-order valence-electron chi connectivity index (χ1n) is 11.4. The Morgan fingerprint density at radius 3 is 2.57 bits per heavy atom. The minimum atomic E-state index is -3.83. The molecule has 0 spiro atoms. The van der Waals surface area contributed by atoms with Gasteiger partial charge in [0.1, 0.15) is 5.82 Å². The number of carbonyl (C=O) groups is 2. The molecule has 0 bridgehead atoms. The molecule has 0 radical (unpaired) electrons. The number of benzene rings is 1. The lowest BCUT2D eigenvalue weighted by atomic mass is 10.1. The van der Waals surface area contributed by atoms with E-state index in [4.69, 9.17) is 0 Å². The number of esters is 1. The van der Waals surface area contributed by atoms with Gasteiger partial charge in [0.05, 0.1) is 60.2 Å². The van der Waals surface area contributed by atoms with Crippen molar-refractivity contribution >= 4 is 32.6 Å². The molecule has 1 amide bonds. The van der Waals surface area contributed by atoms with Crippen molar-refractivity contribution in [1.29, 1.82) is 0 Å². The zero-order valence-corrected chi connectivity index (χ0v) is 20.9. The minimum Gasteiger partial charge on any atom is -0.469 e. The molecule has 192 valence electrons. The maximum Gasteiger partial charge on any atom is 0.306 e. The molecule has 1 N–H and O–H groups in total. The Kier molecular flexibility index (Phi) is 7.58. The number of fused-ring (bicyclic) bond motifs is 1. The lowest BCUT2D eigenvalue weighted by Gasteiger charge is -2.17. The Hall–Kier alpha value is -4.19. The van der Waals surface area contributed by atoms with Gasteiger partial charge in [0.2, 0.25) is 0 Å². The Balaban J connectivity index is 1.58. The van der Waals surface area contributed by atoms with Crippen LogP contribution in [0.5, 0.6) is 0 Å². The van der Waals surface area contributed by atoms with Crippen LogP contribution in [0.25, 0.3) is 16.6 Å². The van der Waals surface area contributed by atoms with Crippen LogP contribution in [0, 0.1) is 5.82 Å². The van der Waals surface area contributed by atoms with E-state index < -0.39 is 33.5 Å². The van der Waals surface area contributed by atoms with Crippen LogP contribution in [-0.2, 0) is 19.4 Å². The lowest BCUT2D eigenvalue weighted by Crippen LogP contribution is -2.29. The Morgan fingerprint density at radius 1 is 1.11 bits per heavy atom. The van der Waals surface area contributed by atoms with Gasteiger partial charge >= 0.3 is 5.97 Å². The van der Waals surface area contributed by atoms with E-state index in [1.807, 2.05) is 6.92 Å². The van der Waals surface area contributed by atoms with Crippen molar-refractivity contribution in [2.75, 3.05) is 12.9 Å². The molecule has 10 nitrogen and oxygen atoms in total. The second-order valence-corrected chi connectivity index (χ2v) is 10.2. The number of carbonyl (C=O) groups excluding carboxylic acids is 2. The first-order valence-corrected chi connectivity index (χ1v) is 13.0. The van der Waals surface area contributed by atoms with E-state index in [0.29, 0.717) is 28.7 Å². The van der Waals surface area contributed by atoms with Crippen LogP contribution in [0.15, 0.2) is 66.1 Å². The highest BCUT2D eigenvalue weighted by Crippen LogP contribution is 2.23. The van der Waals surface area contributed by atoms with Crippen LogP contribution in [0.4, 0.5) is 4.39 Å². The quantitative estimate of drug-likeness (QED) is 0.330. The second kappa shape index (κ2) is 10.8. The first kappa shape index (κ1) is 25.9. The number of aromatic nitrogens is 4. The van der Waals surface area contributed by atoms with E-state index in [1.54, 1.807) is 29.1 Å². The molecular weight excluding hydrogens is 501 g/mol. The number of methoxy groups -OCH3 is 1. The number of pyridine rings is 2. The lowest BCUT2D eigenvalue weighted by molar-refractivity contribution is -0.140. The molecule has 0 fully saturated rings. The molecule has 0 aliphatic heterocycles. The molecule has 1 aromatic carbocycles. The number of hydrogen-bond acceptors (Lipinski definition) is 8. The van der Waals surface area contributed by atoms with Crippen molar-refractivity contribution in [3.63, 3.8) is 0 Å². The van der Waals surface area contributed by atoms with Gasteiger partial charge in [-0.05, 0) is 42.8 Å². The summed E-state index contributed by atoms with van der Waals surface area (Å²) in [4.78, 5) is 33.1. The number of halogens is 1. The summed E-state index contributed by atoms with van der Waals surface area (Å²) >= 11 is 0. The van der Waals surface area contributed by atoms with Crippen LogP contribution >= 0.6 is 0 Å². The SMILES string of the molecule is CC[C@H](NC(=O)c1cncc2c1cnn2-c1ccc(F)cc1)c1cccc(S(=O)(=O)CCC(=O)OC)n1. The fourth-order valence-electron chi connectivity index (χ4n) is 3.75. The monoisotopic (exact) mass is 525 g/mol. The molecule has 0 saturated carbocycles. The van der Waals surface area contributed by atoms with Gasteiger partial charge < -0.3 is 10.1 Å². The van der Waals surface area contributed by atoms with Gasteiger partial charge in [-0.25, -0.2) is 22.5 Å². The number of amides is 1. The minimum absolute atomic E-state index is 0.189. The van der Waals surface area contributed by atoms with E-state index in [0.717, 1.165) is 0 Å². The van der Waals surface area contributed by atoms with Gasteiger partial charge in [-0.2, -0.15) is 5.10 Å². The normalized spacial score (nSPS) is 12.3. The highest BCUT2D eigenvalue weighted by molar-refractivity contribution is 7.91. The Bertz CT molecular complexity index is 1550. The van der Waals surface area contributed by atoms with Crippen LogP contribution in [0.3, 0.4) is 0 Å². The molecule has 1 atom stereocenters. The highest BCUT2D eigenvalue weighted by atomic mass is 32.2. The van der Waals surface area contributed by atoms with Crippen LogP contribution in [-0.4, -0.2) is 52.9 Å². The summed E-state index contributed by atoms with van der Waals surface area (Å²) in [5, 5.41) is 7.57. The van der Waals surface area contributed by atoms with E-state index in [-0.39, 0.29) is 22.8 Å². The van der Waals surface area contributed by atoms with Crippen molar-refractivity contribution in [2.24, 2.45) is 0 Å². The van der Waals surface area contributed by atoms with Crippen molar-refractivity contribution in [1.82, 2.24) is 25.1 Å². The van der Waals surface area contributed by atoms with Gasteiger partial charge in [-0.3, -0.25) is 14.6 Å². The first-order chi connectivity index (χ1) is 17.7. The maximum atomic E-state index is 13.3. The Morgan fingerprint density at radius 2 is 1.86 bits per heavy atom. The van der Waals surface area contributed by atoms with Gasteiger partial charge in [-0.15, -0.1) is 0 Å². The van der Waals surface area contributed by atoms with Gasteiger partial charge in [0, 0.05) is 11.6 Å². The van der Waals surface area contributed by atoms with E-state index in [9.17, 15) is 22.4 Å². The molecule has 3 heterocycles. The zero-order valence-electron chi connectivity index (χ0n) is 20.1. The summed E-state index contributed by atoms with van der Waals surface area (Å²) < 4.78 is 44.7. The second-order valence-electron chi connectivity index (χ2n) is 8.13. The van der Waals surface area contributed by atoms with E-state index >= 15 is 0 Å². The summed E-state index contributed by atoms with van der Waals surface area (Å²) in [5.41, 5.74) is 1.80. The average molecular weight is 526 g/mol. The maximum absolute atomic E-state index is 13.3. The van der Waals surface area contributed by atoms with Crippen LogP contribution < -0.4 is 5.32 Å². The van der Waals surface area contributed by atoms with E-state index in [1.165, 1.54) is 43.8 Å². The number of sulfone groups is 1. The highest BCUT2D eigenvalue weighted by Gasteiger charge is 2.23. The number of hydrogen-bond donors (Lipinski definition) is 1. The largest absolute Gasteiger partial charge is 0.469 e. The molecular formula is C25H24FN5O5S. The third-order valence-electron chi connectivity index (χ3n) is 5.75. The number of ether oxygens (including phenoxy) is 1. The molecule has 3 aromatic heterocycles. The fraction of sp³-hybridized carbons (Fsp3) is 0.240. The zero-order chi connectivity index (χ0) is 26.6. The van der Waals surface area contributed by atoms with Crippen molar-refractivity contribution in [3.8, 4) is 5.69 Å². The predicted octanol–water partition coefficient (Wildman–Crippen LogP) is 3.17. The van der Waals surface area contributed by atoms with Gasteiger partial charge in [0.25, 0.3) is 5.91 Å². The number of nitrogens with one attached hydrogen (secondary N) is 1. The molecule has 12 heteroatoms. The molecule has 0 aliphatic rings. The van der Waals surface area contributed by atoms with Crippen LogP contribution in [0.2, 0.25) is 0 Å². The van der Waals surface area contributed by atoms with Crippen LogP contribution in [0.1, 0.15) is 41.9 Å². The third-order valence-corrected chi connectivity index (χ3v) is 7.36. The predicted molar refractivity (Wildman–Crippen MR) is 132 cm³/mol. The van der Waals surface area contributed by atoms with Gasteiger partial charge in [0.15, 0.2) is 14.9 Å². The van der Waals surface area contributed by atoms with Gasteiger partial charge in [-0.1, -0.05) is 13.0 Å². The van der Waals surface area contributed by atoms with Crippen molar-refractivity contribution < 1.29 is 27.1 Å². The Labute approximate surface area is 212 Å². The third kappa shape index (κ3) is 5.64. The summed E-state index contributed by atoms with van der Waals surface area (Å²) in [6.45, 7) is 1.83. The number of rotatable bonds is 9. The smallest absolute Gasteiger partial charge is 0.306 e. The summed E-state index contributed by atoms with van der Waals surface area (Å²) in [7, 11) is -2.65. The molecule has 37 heavy (non-hydrogen) atoms. The molecule has 0 saturated heterocycles.